The first-order chi connectivity index (χ1) is 10.1. The van der Waals surface area contributed by atoms with E-state index in [-0.39, 0.29) is 18.7 Å². The predicted molar refractivity (Wildman–Crippen MR) is 75.1 cm³/mol. The number of piperidine rings is 1. The first-order valence-electron chi connectivity index (χ1n) is 7.77. The van der Waals surface area contributed by atoms with Crippen molar-refractivity contribution in [2.75, 3.05) is 32.8 Å². The van der Waals surface area contributed by atoms with Crippen LogP contribution in [0.1, 0.15) is 25.7 Å². The Morgan fingerprint density at radius 2 is 2.05 bits per heavy atom. The number of ether oxygens (including phenoxy) is 1. The van der Waals surface area contributed by atoms with Crippen molar-refractivity contribution < 1.29 is 19.4 Å². The van der Waals surface area contributed by atoms with Gasteiger partial charge in [-0.05, 0) is 32.2 Å². The van der Waals surface area contributed by atoms with Crippen molar-refractivity contribution in [2.45, 2.75) is 43.8 Å². The SMILES string of the molecule is O=C(O)C1COCCN1C(=O)NC1CCN2CCCC2C1. The standard InChI is InChI=1S/C14H23N3O4/c18-13(19)12-9-21-7-6-17(12)14(20)15-10-3-5-16-4-1-2-11(16)8-10/h10-12H,1-9H2,(H,15,20)(H,18,19). The molecule has 3 fully saturated rings. The lowest BCUT2D eigenvalue weighted by Gasteiger charge is -2.38. The highest BCUT2D eigenvalue weighted by molar-refractivity contribution is 5.83. The van der Waals surface area contributed by atoms with Crippen molar-refractivity contribution in [3.05, 3.63) is 0 Å². The molecule has 3 heterocycles. The van der Waals surface area contributed by atoms with Gasteiger partial charge in [-0.25, -0.2) is 9.59 Å². The molecule has 0 spiro atoms. The van der Waals surface area contributed by atoms with Crippen molar-refractivity contribution in [1.29, 1.82) is 0 Å². The van der Waals surface area contributed by atoms with E-state index in [9.17, 15) is 14.7 Å². The molecule has 21 heavy (non-hydrogen) atoms. The summed E-state index contributed by atoms with van der Waals surface area (Å²) in [7, 11) is 0. The average Bonchev–Trinajstić information content (AvgIpc) is 2.94. The van der Waals surface area contributed by atoms with Crippen LogP contribution in [0.25, 0.3) is 0 Å². The highest BCUT2D eigenvalue weighted by atomic mass is 16.5. The Bertz CT molecular complexity index is 417. The largest absolute Gasteiger partial charge is 0.480 e. The molecule has 0 radical (unpaired) electrons. The minimum atomic E-state index is -1.00. The molecule has 3 saturated heterocycles. The molecule has 2 amide bonds. The smallest absolute Gasteiger partial charge is 0.328 e. The fourth-order valence-electron chi connectivity index (χ4n) is 3.66. The third-order valence-corrected chi connectivity index (χ3v) is 4.82. The number of hydrogen-bond donors (Lipinski definition) is 2. The molecular weight excluding hydrogens is 274 g/mol. The summed E-state index contributed by atoms with van der Waals surface area (Å²) in [4.78, 5) is 27.5. The molecule has 3 rings (SSSR count). The number of rotatable bonds is 2. The van der Waals surface area contributed by atoms with Crippen LogP contribution in [0.5, 0.6) is 0 Å². The number of amides is 2. The molecule has 3 aliphatic rings. The Morgan fingerprint density at radius 3 is 2.86 bits per heavy atom. The van der Waals surface area contributed by atoms with Crippen LogP contribution >= 0.6 is 0 Å². The predicted octanol–water partition coefficient (Wildman–Crippen LogP) is 0.108. The Hall–Kier alpha value is -1.34. The molecule has 3 atom stereocenters. The van der Waals surface area contributed by atoms with E-state index in [1.54, 1.807) is 0 Å². The number of carbonyl (C=O) groups excluding carboxylic acids is 1. The molecule has 0 bridgehead atoms. The summed E-state index contributed by atoms with van der Waals surface area (Å²) in [5.41, 5.74) is 0. The van der Waals surface area contributed by atoms with Gasteiger partial charge in [0.2, 0.25) is 0 Å². The Labute approximate surface area is 124 Å². The fraction of sp³-hybridized carbons (Fsp3) is 0.857. The van der Waals surface area contributed by atoms with Gasteiger partial charge >= 0.3 is 12.0 Å². The molecule has 7 heteroatoms. The summed E-state index contributed by atoms with van der Waals surface area (Å²) in [5.74, 6) is -1.00. The van der Waals surface area contributed by atoms with E-state index in [4.69, 9.17) is 4.74 Å². The van der Waals surface area contributed by atoms with Crippen LogP contribution in [-0.2, 0) is 9.53 Å². The molecule has 0 aromatic heterocycles. The quantitative estimate of drug-likeness (QED) is 0.756. The van der Waals surface area contributed by atoms with Gasteiger partial charge in [0.15, 0.2) is 6.04 Å². The van der Waals surface area contributed by atoms with Crippen LogP contribution in [0.4, 0.5) is 4.79 Å². The van der Waals surface area contributed by atoms with Crippen LogP contribution < -0.4 is 5.32 Å². The maximum Gasteiger partial charge on any atom is 0.328 e. The zero-order valence-electron chi connectivity index (χ0n) is 12.2. The lowest BCUT2D eigenvalue weighted by atomic mass is 9.98. The van der Waals surface area contributed by atoms with Crippen LogP contribution in [0, 0.1) is 0 Å². The van der Waals surface area contributed by atoms with E-state index in [0.29, 0.717) is 19.2 Å². The average molecular weight is 297 g/mol. The first kappa shape index (κ1) is 14.6. The van der Waals surface area contributed by atoms with Crippen LogP contribution in [-0.4, -0.2) is 77.9 Å². The topological polar surface area (TPSA) is 82.1 Å². The molecule has 0 aromatic rings. The van der Waals surface area contributed by atoms with Gasteiger partial charge in [0.1, 0.15) is 0 Å². The summed E-state index contributed by atoms with van der Waals surface area (Å²) in [6, 6.07) is -0.384. The highest BCUT2D eigenvalue weighted by Gasteiger charge is 2.36. The van der Waals surface area contributed by atoms with E-state index in [1.807, 2.05) is 0 Å². The molecule has 0 aromatic carbocycles. The van der Waals surface area contributed by atoms with Crippen LogP contribution in [0.2, 0.25) is 0 Å². The number of morpholine rings is 1. The molecular formula is C14H23N3O4. The summed E-state index contributed by atoms with van der Waals surface area (Å²) in [6.45, 7) is 3.02. The monoisotopic (exact) mass is 297 g/mol. The van der Waals surface area contributed by atoms with Crippen molar-refractivity contribution in [3.63, 3.8) is 0 Å². The van der Waals surface area contributed by atoms with Crippen molar-refractivity contribution in [2.24, 2.45) is 0 Å². The second-order valence-electron chi connectivity index (χ2n) is 6.13. The van der Waals surface area contributed by atoms with Crippen molar-refractivity contribution >= 4 is 12.0 Å². The number of carboxylic acids is 1. The lowest BCUT2D eigenvalue weighted by molar-refractivity contribution is -0.147. The number of urea groups is 1. The second-order valence-corrected chi connectivity index (χ2v) is 6.13. The summed E-state index contributed by atoms with van der Waals surface area (Å²) in [5, 5.41) is 12.2. The summed E-state index contributed by atoms with van der Waals surface area (Å²) < 4.78 is 5.16. The van der Waals surface area contributed by atoms with Gasteiger partial charge in [0.25, 0.3) is 0 Å². The van der Waals surface area contributed by atoms with Gasteiger partial charge in [-0.3, -0.25) is 0 Å². The van der Waals surface area contributed by atoms with Crippen LogP contribution in [0.3, 0.4) is 0 Å². The van der Waals surface area contributed by atoms with E-state index in [2.05, 4.69) is 10.2 Å². The highest BCUT2D eigenvalue weighted by Crippen LogP contribution is 2.27. The van der Waals surface area contributed by atoms with Gasteiger partial charge in [-0.15, -0.1) is 0 Å². The minimum absolute atomic E-state index is 0.0732. The maximum atomic E-state index is 12.4. The minimum Gasteiger partial charge on any atom is -0.480 e. The van der Waals surface area contributed by atoms with Crippen molar-refractivity contribution in [1.82, 2.24) is 15.1 Å². The number of fused-ring (bicyclic) bond motifs is 1. The normalized spacial score (nSPS) is 33.5. The van der Waals surface area contributed by atoms with Crippen molar-refractivity contribution in [3.8, 4) is 0 Å². The maximum absolute atomic E-state index is 12.4. The molecule has 2 N–H and O–H groups in total. The van der Waals surface area contributed by atoms with Gasteiger partial charge in [0, 0.05) is 25.2 Å². The van der Waals surface area contributed by atoms with E-state index in [1.165, 1.54) is 24.3 Å². The summed E-state index contributed by atoms with van der Waals surface area (Å²) >= 11 is 0. The van der Waals surface area contributed by atoms with Gasteiger partial charge < -0.3 is 25.0 Å². The zero-order valence-corrected chi connectivity index (χ0v) is 12.2. The molecule has 7 nitrogen and oxygen atoms in total. The summed E-state index contributed by atoms with van der Waals surface area (Å²) in [6.07, 6.45) is 4.38. The lowest BCUT2D eigenvalue weighted by Crippen LogP contribution is -2.58. The Balaban J connectivity index is 1.56. The second kappa shape index (κ2) is 6.19. The molecule has 3 unspecified atom stereocenters. The molecule has 0 aliphatic carbocycles. The van der Waals surface area contributed by atoms with E-state index < -0.39 is 12.0 Å². The number of nitrogens with zero attached hydrogens (tertiary/aromatic N) is 2. The van der Waals surface area contributed by atoms with E-state index >= 15 is 0 Å². The number of carboxylic acid groups (broad SMARTS) is 1. The molecule has 0 saturated carbocycles. The Morgan fingerprint density at radius 1 is 1.19 bits per heavy atom. The third kappa shape index (κ3) is 3.13. The number of aliphatic carboxylic acids is 1. The first-order valence-corrected chi connectivity index (χ1v) is 7.77. The van der Waals surface area contributed by atoms with Gasteiger partial charge in [-0.2, -0.15) is 0 Å². The number of nitrogens with one attached hydrogen (secondary N) is 1. The zero-order chi connectivity index (χ0) is 14.8. The Kier molecular flexibility index (Phi) is 4.30. The van der Waals surface area contributed by atoms with E-state index in [0.717, 1.165) is 19.4 Å². The fourth-order valence-corrected chi connectivity index (χ4v) is 3.66. The number of hydrogen-bond acceptors (Lipinski definition) is 4. The van der Waals surface area contributed by atoms with Gasteiger partial charge in [0.05, 0.1) is 13.2 Å². The van der Waals surface area contributed by atoms with Crippen LogP contribution in [0.15, 0.2) is 0 Å². The third-order valence-electron chi connectivity index (χ3n) is 4.82. The molecule has 3 aliphatic heterocycles. The van der Waals surface area contributed by atoms with Gasteiger partial charge in [-0.1, -0.05) is 0 Å². The number of carbonyl (C=O) groups is 2. The molecule has 118 valence electrons.